The quantitative estimate of drug-likeness (QED) is 0.269. The first kappa shape index (κ1) is 23.2. The molecule has 0 atom stereocenters. The van der Waals surface area contributed by atoms with Crippen molar-refractivity contribution in [1.29, 1.82) is 0 Å². The highest BCUT2D eigenvalue weighted by atomic mass is 32.2. The molecular weight excluding hydrogens is 473 g/mol. The number of nitrogens with one attached hydrogen (secondary N) is 2. The number of aromatic nitrogens is 4. The highest BCUT2D eigenvalue weighted by molar-refractivity contribution is 7.97. The van der Waals surface area contributed by atoms with Gasteiger partial charge in [-0.2, -0.15) is 10.1 Å². The average Bonchev–Trinajstić information content (AvgIpc) is 3.53. The Bertz CT molecular complexity index is 1370. The first-order chi connectivity index (χ1) is 17.7. The second-order valence-corrected chi connectivity index (χ2v) is 10.7. The molecule has 2 aromatic carbocycles. The summed E-state index contributed by atoms with van der Waals surface area (Å²) < 4.78 is 17.4. The van der Waals surface area contributed by atoms with Gasteiger partial charge in [-0.05, 0) is 67.5 Å². The normalized spacial score (nSPS) is 16.4. The van der Waals surface area contributed by atoms with Crippen LogP contribution in [0.4, 0.5) is 27.5 Å². The van der Waals surface area contributed by atoms with Gasteiger partial charge in [0.05, 0.1) is 23.6 Å². The molecular formula is C27H30FN7S. The summed E-state index contributed by atoms with van der Waals surface area (Å²) in [5.74, 6) is 0.952. The summed E-state index contributed by atoms with van der Waals surface area (Å²) in [7, 11) is 0. The Balaban J connectivity index is 1.21. The molecule has 4 aromatic rings. The highest BCUT2D eigenvalue weighted by Crippen LogP contribution is 2.40. The highest BCUT2D eigenvalue weighted by Gasteiger charge is 2.25. The fourth-order valence-corrected chi connectivity index (χ4v) is 6.52. The van der Waals surface area contributed by atoms with Crippen LogP contribution in [-0.4, -0.2) is 37.6 Å². The molecule has 1 saturated carbocycles. The van der Waals surface area contributed by atoms with Crippen molar-refractivity contribution < 1.29 is 4.39 Å². The summed E-state index contributed by atoms with van der Waals surface area (Å²) in [6.07, 6.45) is 9.83. The summed E-state index contributed by atoms with van der Waals surface area (Å²) in [6, 6.07) is 12.2. The van der Waals surface area contributed by atoms with Gasteiger partial charge in [-0.1, -0.05) is 31.4 Å². The Hall–Kier alpha value is -3.17. The van der Waals surface area contributed by atoms with Crippen LogP contribution in [0.25, 0.3) is 10.9 Å². The van der Waals surface area contributed by atoms with Crippen molar-refractivity contribution >= 4 is 46.0 Å². The van der Waals surface area contributed by atoms with Gasteiger partial charge in [0.25, 0.3) is 0 Å². The van der Waals surface area contributed by atoms with E-state index in [1.807, 2.05) is 42.0 Å². The zero-order chi connectivity index (χ0) is 24.5. The van der Waals surface area contributed by atoms with Crippen LogP contribution in [0.5, 0.6) is 0 Å². The molecule has 1 fully saturated rings. The van der Waals surface area contributed by atoms with E-state index in [4.69, 9.17) is 0 Å². The smallest absolute Gasteiger partial charge is 0.229 e. The number of halogens is 1. The number of anilines is 4. The first-order valence-electron chi connectivity index (χ1n) is 12.7. The summed E-state index contributed by atoms with van der Waals surface area (Å²) in [5, 5.41) is 11.3. The van der Waals surface area contributed by atoms with Crippen LogP contribution >= 0.6 is 11.9 Å². The maximum Gasteiger partial charge on any atom is 0.229 e. The molecule has 1 aliphatic carbocycles. The zero-order valence-electron chi connectivity index (χ0n) is 20.4. The van der Waals surface area contributed by atoms with Crippen molar-refractivity contribution in [2.75, 3.05) is 23.3 Å². The SMILES string of the molecule is CCN(c1nc(Nc2ccc3c(c2)SN(CC2CCCCC2)C3)ncc1F)c1cccc2[nH]ncc12. The summed E-state index contributed by atoms with van der Waals surface area (Å²) in [6.45, 7) is 4.66. The Morgan fingerprint density at radius 2 is 2.06 bits per heavy atom. The van der Waals surface area contributed by atoms with Crippen LogP contribution < -0.4 is 10.2 Å². The summed E-state index contributed by atoms with van der Waals surface area (Å²) in [4.78, 5) is 11.9. The number of hydrogen-bond acceptors (Lipinski definition) is 7. The Labute approximate surface area is 214 Å². The van der Waals surface area contributed by atoms with E-state index in [9.17, 15) is 4.39 Å². The number of hydrogen-bond donors (Lipinski definition) is 2. The molecule has 0 bridgehead atoms. The molecule has 2 aliphatic rings. The van der Waals surface area contributed by atoms with Crippen LogP contribution in [0, 0.1) is 11.7 Å². The van der Waals surface area contributed by atoms with Crippen molar-refractivity contribution in [2.24, 2.45) is 5.92 Å². The van der Waals surface area contributed by atoms with Crippen LogP contribution in [0.2, 0.25) is 0 Å². The van der Waals surface area contributed by atoms with Gasteiger partial charge >= 0.3 is 0 Å². The van der Waals surface area contributed by atoms with Crippen LogP contribution in [0.3, 0.4) is 0 Å². The zero-order valence-corrected chi connectivity index (χ0v) is 21.2. The largest absolute Gasteiger partial charge is 0.324 e. The van der Waals surface area contributed by atoms with Crippen molar-refractivity contribution in [2.45, 2.75) is 50.5 Å². The molecule has 7 nitrogen and oxygen atoms in total. The second kappa shape index (κ2) is 10.1. The van der Waals surface area contributed by atoms with Gasteiger partial charge in [0.2, 0.25) is 5.95 Å². The molecule has 0 saturated heterocycles. The Morgan fingerprint density at radius 3 is 2.92 bits per heavy atom. The fraction of sp³-hybridized carbons (Fsp3) is 0.370. The molecule has 0 spiro atoms. The maximum atomic E-state index is 14.9. The van der Waals surface area contributed by atoms with Gasteiger partial charge in [-0.25, -0.2) is 13.7 Å². The fourth-order valence-electron chi connectivity index (χ4n) is 5.33. The molecule has 6 rings (SSSR count). The van der Waals surface area contributed by atoms with Gasteiger partial charge in [-0.3, -0.25) is 5.10 Å². The minimum absolute atomic E-state index is 0.234. The maximum absolute atomic E-state index is 14.9. The third kappa shape index (κ3) is 4.65. The lowest BCUT2D eigenvalue weighted by molar-refractivity contribution is 0.292. The lowest BCUT2D eigenvalue weighted by Crippen LogP contribution is -2.22. The molecule has 0 unspecified atom stereocenters. The van der Waals surface area contributed by atoms with Gasteiger partial charge in [-0.15, -0.1) is 0 Å². The molecule has 0 amide bonds. The number of benzene rings is 2. The standard InChI is InChI=1S/C27H30FN7S/c1-2-35(24-10-6-9-23-21(24)14-30-33-23)26-22(28)15-29-27(32-26)31-20-12-11-19-17-34(36-25(19)13-20)16-18-7-4-3-5-8-18/h6,9-15,18H,2-5,7-8,16-17H2,1H3,(H,30,33)(H,29,31,32). The average molecular weight is 504 g/mol. The van der Waals surface area contributed by atoms with E-state index in [0.29, 0.717) is 12.5 Å². The predicted molar refractivity (Wildman–Crippen MR) is 143 cm³/mol. The minimum Gasteiger partial charge on any atom is -0.324 e. The third-order valence-electron chi connectivity index (χ3n) is 7.13. The second-order valence-electron chi connectivity index (χ2n) is 9.58. The molecule has 9 heteroatoms. The van der Waals surface area contributed by atoms with E-state index in [2.05, 4.69) is 48.0 Å². The molecule has 3 heterocycles. The van der Waals surface area contributed by atoms with Crippen molar-refractivity contribution in [3.63, 3.8) is 0 Å². The van der Waals surface area contributed by atoms with E-state index >= 15 is 0 Å². The van der Waals surface area contributed by atoms with Crippen LogP contribution in [0.15, 0.2) is 53.7 Å². The number of H-pyrrole nitrogens is 1. The van der Waals surface area contributed by atoms with Gasteiger partial charge in [0.1, 0.15) is 0 Å². The monoisotopic (exact) mass is 503 g/mol. The van der Waals surface area contributed by atoms with Gasteiger partial charge in [0.15, 0.2) is 11.6 Å². The lowest BCUT2D eigenvalue weighted by atomic mass is 9.89. The third-order valence-corrected chi connectivity index (χ3v) is 8.25. The summed E-state index contributed by atoms with van der Waals surface area (Å²) >= 11 is 1.84. The molecule has 2 aromatic heterocycles. The first-order valence-corrected chi connectivity index (χ1v) is 13.5. The van der Waals surface area contributed by atoms with Crippen LogP contribution in [-0.2, 0) is 6.54 Å². The number of rotatable bonds is 7. The number of nitrogens with zero attached hydrogens (tertiary/aromatic N) is 5. The van der Waals surface area contributed by atoms with E-state index in [1.165, 1.54) is 48.8 Å². The summed E-state index contributed by atoms with van der Waals surface area (Å²) in [5.41, 5.74) is 4.00. The topological polar surface area (TPSA) is 73.0 Å². The van der Waals surface area contributed by atoms with E-state index < -0.39 is 5.82 Å². The lowest BCUT2D eigenvalue weighted by Gasteiger charge is -2.25. The van der Waals surface area contributed by atoms with Crippen molar-refractivity contribution in [3.8, 4) is 0 Å². The minimum atomic E-state index is -0.467. The molecule has 186 valence electrons. The van der Waals surface area contributed by atoms with Crippen molar-refractivity contribution in [1.82, 2.24) is 24.5 Å². The van der Waals surface area contributed by atoms with Gasteiger partial charge in [0, 0.05) is 35.6 Å². The molecule has 2 N–H and O–H groups in total. The number of fused-ring (bicyclic) bond motifs is 2. The predicted octanol–water partition coefficient (Wildman–Crippen LogP) is 6.80. The van der Waals surface area contributed by atoms with Crippen LogP contribution in [0.1, 0.15) is 44.6 Å². The van der Waals surface area contributed by atoms with E-state index in [0.717, 1.165) is 41.3 Å². The Kier molecular flexibility index (Phi) is 6.50. The molecule has 1 aliphatic heterocycles. The van der Waals surface area contributed by atoms with Crippen molar-refractivity contribution in [3.05, 3.63) is 60.2 Å². The Morgan fingerprint density at radius 1 is 1.17 bits per heavy atom. The number of aromatic amines is 1. The molecule has 0 radical (unpaired) electrons. The van der Waals surface area contributed by atoms with Gasteiger partial charge < -0.3 is 10.2 Å². The molecule has 36 heavy (non-hydrogen) atoms. The van der Waals surface area contributed by atoms with E-state index in [1.54, 1.807) is 6.20 Å². The van der Waals surface area contributed by atoms with E-state index in [-0.39, 0.29) is 5.82 Å².